The van der Waals surface area contributed by atoms with Gasteiger partial charge < -0.3 is 9.47 Å². The molecule has 0 atom stereocenters. The van der Waals surface area contributed by atoms with Crippen LogP contribution in [0.1, 0.15) is 75.5 Å². The first-order chi connectivity index (χ1) is 21.2. The lowest BCUT2D eigenvalue weighted by Crippen LogP contribution is -2.28. The van der Waals surface area contributed by atoms with Gasteiger partial charge in [0, 0.05) is 13.0 Å². The van der Waals surface area contributed by atoms with Gasteiger partial charge in [-0.3, -0.25) is 9.69 Å². The summed E-state index contributed by atoms with van der Waals surface area (Å²) < 4.78 is 11.7. The van der Waals surface area contributed by atoms with Crippen molar-refractivity contribution in [2.75, 3.05) is 26.9 Å². The van der Waals surface area contributed by atoms with Crippen molar-refractivity contribution in [3.05, 3.63) is 145 Å². The molecular formula is C39H51NO3. The molecule has 0 bridgehead atoms. The predicted octanol–water partition coefficient (Wildman–Crippen LogP) is 9.70. The molecule has 4 nitrogen and oxygen atoms in total. The molecule has 0 N–H and O–H groups in total. The third-order valence-corrected chi connectivity index (χ3v) is 6.52. The van der Waals surface area contributed by atoms with Crippen LogP contribution >= 0.6 is 0 Å². The van der Waals surface area contributed by atoms with Crippen LogP contribution in [0, 0.1) is 0 Å². The Labute approximate surface area is 260 Å². The van der Waals surface area contributed by atoms with E-state index in [2.05, 4.69) is 98.0 Å². The lowest BCUT2D eigenvalue weighted by Gasteiger charge is -2.21. The highest BCUT2D eigenvalue weighted by Crippen LogP contribution is 2.25. The fraction of sp³-hybridized carbons (Fsp3) is 0.359. The molecule has 2 aromatic rings. The molecule has 0 amide bonds. The summed E-state index contributed by atoms with van der Waals surface area (Å²) in [5, 5.41) is 0. The maximum Gasteiger partial charge on any atom is 0.307 e. The van der Waals surface area contributed by atoms with Crippen LogP contribution < -0.4 is 0 Å². The monoisotopic (exact) mass is 581 g/mol. The van der Waals surface area contributed by atoms with Gasteiger partial charge in [-0.05, 0) is 63.1 Å². The SMILES string of the molecule is CC/C=C\C/C=C\C/C=C\C/C=C\C/C=C\C/C=C\CCC(=O)OCN(C)CCOC(c1ccccc1)c1ccccc1. The maximum atomic E-state index is 12.1. The molecule has 0 saturated heterocycles. The van der Waals surface area contributed by atoms with Crippen molar-refractivity contribution in [2.24, 2.45) is 0 Å². The third-order valence-electron chi connectivity index (χ3n) is 6.52. The Bertz CT molecular complexity index is 1110. The fourth-order valence-corrected chi connectivity index (χ4v) is 4.13. The average molecular weight is 582 g/mol. The summed E-state index contributed by atoms with van der Waals surface area (Å²) in [5.74, 6) is -0.182. The number of rotatable bonds is 22. The van der Waals surface area contributed by atoms with E-state index in [1.165, 1.54) is 0 Å². The van der Waals surface area contributed by atoms with E-state index in [1.54, 1.807) is 0 Å². The number of carbonyl (C=O) groups excluding carboxylic acids is 1. The second kappa shape index (κ2) is 24.8. The number of nitrogens with zero attached hydrogens (tertiary/aromatic N) is 1. The highest BCUT2D eigenvalue weighted by atomic mass is 16.5. The van der Waals surface area contributed by atoms with Crippen molar-refractivity contribution in [2.45, 2.75) is 64.4 Å². The lowest BCUT2D eigenvalue weighted by atomic mass is 10.0. The van der Waals surface area contributed by atoms with E-state index < -0.39 is 0 Å². The van der Waals surface area contributed by atoms with E-state index in [0.29, 0.717) is 26.0 Å². The zero-order valence-electron chi connectivity index (χ0n) is 26.2. The van der Waals surface area contributed by atoms with E-state index in [1.807, 2.05) is 54.4 Å². The van der Waals surface area contributed by atoms with Crippen molar-refractivity contribution in [1.82, 2.24) is 4.90 Å². The Balaban J connectivity index is 1.50. The van der Waals surface area contributed by atoms with Crippen LogP contribution in [0.3, 0.4) is 0 Å². The van der Waals surface area contributed by atoms with Gasteiger partial charge >= 0.3 is 5.97 Å². The van der Waals surface area contributed by atoms with Crippen LogP contribution in [-0.4, -0.2) is 37.8 Å². The molecule has 0 unspecified atom stereocenters. The highest BCUT2D eigenvalue weighted by Gasteiger charge is 2.14. The third kappa shape index (κ3) is 18.4. The molecule has 0 saturated carbocycles. The molecule has 0 fully saturated rings. The quantitative estimate of drug-likeness (QED) is 0.0788. The van der Waals surface area contributed by atoms with Crippen LogP contribution in [0.15, 0.2) is 134 Å². The van der Waals surface area contributed by atoms with E-state index in [0.717, 1.165) is 49.7 Å². The molecule has 0 aromatic heterocycles. The molecule has 0 radical (unpaired) electrons. The van der Waals surface area contributed by atoms with Gasteiger partial charge in [-0.2, -0.15) is 0 Å². The Hall–Kier alpha value is -3.73. The first kappa shape index (κ1) is 35.5. The minimum Gasteiger partial charge on any atom is -0.449 e. The Morgan fingerprint density at radius 1 is 0.674 bits per heavy atom. The number of likely N-dealkylation sites (N-methyl/N-ethyl adjacent to an activating group) is 1. The number of carbonyl (C=O) groups is 1. The largest absolute Gasteiger partial charge is 0.449 e. The summed E-state index contributed by atoms with van der Waals surface area (Å²) in [6.07, 6.45) is 33.0. The standard InChI is InChI=1S/C39H51NO3/c1-3-4-5-6-7-8-9-10-11-12-13-14-15-16-17-18-19-20-27-32-38(41)43-35-40(2)33-34-42-39(36-28-23-21-24-29-36)37-30-25-22-26-31-37/h4-5,7-8,10-11,13-14,16-17,19-26,28-31,39H,3,6,9,12,15,18,27,32-35H2,1-2H3/b5-4-,8-7-,11-10-,14-13-,17-16-,20-19-. The minimum absolute atomic E-state index is 0.125. The Morgan fingerprint density at radius 2 is 1.12 bits per heavy atom. The van der Waals surface area contributed by atoms with E-state index in [-0.39, 0.29) is 18.8 Å². The molecule has 0 aliphatic heterocycles. The van der Waals surface area contributed by atoms with Gasteiger partial charge in [0.2, 0.25) is 0 Å². The van der Waals surface area contributed by atoms with Gasteiger partial charge in [-0.1, -0.05) is 140 Å². The van der Waals surface area contributed by atoms with Gasteiger partial charge in [0.15, 0.2) is 0 Å². The molecule has 0 heterocycles. The fourth-order valence-electron chi connectivity index (χ4n) is 4.13. The second-order valence-electron chi connectivity index (χ2n) is 10.3. The molecule has 43 heavy (non-hydrogen) atoms. The normalized spacial score (nSPS) is 12.6. The van der Waals surface area contributed by atoms with Gasteiger partial charge in [0.05, 0.1) is 6.61 Å². The van der Waals surface area contributed by atoms with Gasteiger partial charge in [-0.15, -0.1) is 0 Å². The van der Waals surface area contributed by atoms with Crippen molar-refractivity contribution >= 4 is 5.97 Å². The Kier molecular flexibility index (Phi) is 20.5. The van der Waals surface area contributed by atoms with Gasteiger partial charge in [-0.25, -0.2) is 0 Å². The second-order valence-corrected chi connectivity index (χ2v) is 10.3. The highest BCUT2D eigenvalue weighted by molar-refractivity contribution is 5.69. The van der Waals surface area contributed by atoms with Crippen LogP contribution in [-0.2, 0) is 14.3 Å². The molecule has 0 aliphatic carbocycles. The molecule has 2 rings (SSSR count). The topological polar surface area (TPSA) is 38.8 Å². The first-order valence-electron chi connectivity index (χ1n) is 15.7. The molecule has 4 heteroatoms. The molecular weight excluding hydrogens is 530 g/mol. The maximum absolute atomic E-state index is 12.1. The van der Waals surface area contributed by atoms with E-state index in [4.69, 9.17) is 9.47 Å². The minimum atomic E-state index is -0.182. The lowest BCUT2D eigenvalue weighted by molar-refractivity contribution is -0.148. The van der Waals surface area contributed by atoms with Crippen molar-refractivity contribution in [1.29, 1.82) is 0 Å². The summed E-state index contributed by atoms with van der Waals surface area (Å²) >= 11 is 0. The van der Waals surface area contributed by atoms with Gasteiger partial charge in [0.25, 0.3) is 0 Å². The predicted molar refractivity (Wildman–Crippen MR) is 182 cm³/mol. The first-order valence-corrected chi connectivity index (χ1v) is 15.7. The van der Waals surface area contributed by atoms with Gasteiger partial charge in [0.1, 0.15) is 12.8 Å². The van der Waals surface area contributed by atoms with E-state index in [9.17, 15) is 4.79 Å². The summed E-state index contributed by atoms with van der Waals surface area (Å²) in [5.41, 5.74) is 2.24. The number of hydrogen-bond acceptors (Lipinski definition) is 4. The molecule has 230 valence electrons. The summed E-state index contributed by atoms with van der Waals surface area (Å²) in [4.78, 5) is 14.1. The van der Waals surface area contributed by atoms with Crippen molar-refractivity contribution in [3.8, 4) is 0 Å². The average Bonchev–Trinajstić information content (AvgIpc) is 3.04. The van der Waals surface area contributed by atoms with E-state index >= 15 is 0 Å². The zero-order valence-corrected chi connectivity index (χ0v) is 26.2. The zero-order chi connectivity index (χ0) is 30.6. The molecule has 0 spiro atoms. The number of hydrogen-bond donors (Lipinski definition) is 0. The smallest absolute Gasteiger partial charge is 0.307 e. The summed E-state index contributed by atoms with van der Waals surface area (Å²) in [6.45, 7) is 3.60. The number of esters is 1. The molecule has 0 aliphatic rings. The van der Waals surface area contributed by atoms with Crippen LogP contribution in [0.4, 0.5) is 0 Å². The van der Waals surface area contributed by atoms with Crippen LogP contribution in [0.5, 0.6) is 0 Å². The summed E-state index contributed by atoms with van der Waals surface area (Å²) in [7, 11) is 1.93. The Morgan fingerprint density at radius 3 is 1.58 bits per heavy atom. The van der Waals surface area contributed by atoms with Crippen LogP contribution in [0.25, 0.3) is 0 Å². The number of allylic oxidation sites excluding steroid dienone is 12. The number of ether oxygens (including phenoxy) is 2. The summed E-state index contributed by atoms with van der Waals surface area (Å²) in [6, 6.07) is 20.5. The van der Waals surface area contributed by atoms with Crippen molar-refractivity contribution < 1.29 is 14.3 Å². The van der Waals surface area contributed by atoms with Crippen molar-refractivity contribution in [3.63, 3.8) is 0 Å². The molecule has 2 aromatic carbocycles. The number of benzene rings is 2. The van der Waals surface area contributed by atoms with Crippen LogP contribution in [0.2, 0.25) is 0 Å².